The summed E-state index contributed by atoms with van der Waals surface area (Å²) in [4.78, 5) is 21.2. The zero-order valence-corrected chi connectivity index (χ0v) is 21.6. The molecule has 9 nitrogen and oxygen atoms in total. The maximum Gasteiger partial charge on any atom is 0.410 e. The predicted molar refractivity (Wildman–Crippen MR) is 141 cm³/mol. The Kier molecular flexibility index (Phi) is 6.78. The Bertz CT molecular complexity index is 1280. The predicted octanol–water partition coefficient (Wildman–Crippen LogP) is 3.36. The average molecular weight is 517 g/mol. The molecule has 0 radical (unpaired) electrons. The number of carbonyl (C=O) groups is 1. The van der Waals surface area contributed by atoms with E-state index in [4.69, 9.17) is 18.9 Å². The normalized spacial score (nSPS) is 20.8. The van der Waals surface area contributed by atoms with E-state index < -0.39 is 5.60 Å². The first-order valence-corrected chi connectivity index (χ1v) is 13.2. The Balaban J connectivity index is 1.21. The molecular formula is C29H32N4O5. The fraction of sp³-hybridized carbons (Fsp3) is 0.483. The number of piperazine rings is 1. The van der Waals surface area contributed by atoms with Crippen molar-refractivity contribution >= 4 is 23.4 Å². The number of nitrogens with zero attached hydrogens (tertiary/aromatic N) is 4. The van der Waals surface area contributed by atoms with Gasteiger partial charge in [-0.3, -0.25) is 4.98 Å². The van der Waals surface area contributed by atoms with Crippen LogP contribution in [0.5, 0.6) is 0 Å². The van der Waals surface area contributed by atoms with Crippen molar-refractivity contribution in [2.24, 2.45) is 0 Å². The summed E-state index contributed by atoms with van der Waals surface area (Å²) in [5, 5.41) is 10.1. The number of fused-ring (bicyclic) bond motifs is 1. The van der Waals surface area contributed by atoms with Crippen molar-refractivity contribution in [1.29, 1.82) is 5.26 Å². The van der Waals surface area contributed by atoms with E-state index in [2.05, 4.69) is 34.2 Å². The monoisotopic (exact) mass is 516 g/mol. The van der Waals surface area contributed by atoms with E-state index in [9.17, 15) is 10.1 Å². The zero-order chi connectivity index (χ0) is 26.1. The lowest BCUT2D eigenvalue weighted by atomic mass is 9.84. The van der Waals surface area contributed by atoms with Crippen molar-refractivity contribution in [3.8, 4) is 6.07 Å². The summed E-state index contributed by atoms with van der Waals surface area (Å²) in [6.45, 7) is 4.92. The van der Waals surface area contributed by atoms with E-state index in [0.29, 0.717) is 51.5 Å². The number of ether oxygens (including phenoxy) is 4. The molecule has 198 valence electrons. The number of nitriles is 1. The Hall–Kier alpha value is -3.45. The molecule has 9 heteroatoms. The molecule has 3 fully saturated rings. The van der Waals surface area contributed by atoms with E-state index in [1.807, 2.05) is 18.3 Å². The fourth-order valence-electron chi connectivity index (χ4n) is 5.80. The molecule has 0 atom stereocenters. The van der Waals surface area contributed by atoms with Crippen LogP contribution in [0.2, 0.25) is 0 Å². The van der Waals surface area contributed by atoms with Gasteiger partial charge in [-0.25, -0.2) is 4.79 Å². The van der Waals surface area contributed by atoms with Crippen molar-refractivity contribution in [2.75, 3.05) is 64.6 Å². The first-order valence-electron chi connectivity index (χ1n) is 13.2. The van der Waals surface area contributed by atoms with Crippen LogP contribution in [-0.2, 0) is 31.0 Å². The van der Waals surface area contributed by atoms with Crippen molar-refractivity contribution < 1.29 is 23.7 Å². The summed E-state index contributed by atoms with van der Waals surface area (Å²) in [6.07, 6.45) is 5.87. The lowest BCUT2D eigenvalue weighted by molar-refractivity contribution is -0.104. The third kappa shape index (κ3) is 4.53. The summed E-state index contributed by atoms with van der Waals surface area (Å²) in [5.41, 5.74) is 6.50. The van der Waals surface area contributed by atoms with Gasteiger partial charge in [0.1, 0.15) is 0 Å². The highest BCUT2D eigenvalue weighted by Crippen LogP contribution is 2.40. The number of methoxy groups -OCH3 is 1. The molecule has 0 spiro atoms. The standard InChI is InChI=1S/C29H32N4O5/c1-35-29(5-12-36-13-6-29)22-2-3-24(21(14-22)17-30)20-15-25-26(16-20)31-7-4-27(25)32-8-10-33(11-9-32)28(34)38-23-18-37-19-23/h2-4,7,14-15,23H,5-6,8-13,16,18-19H2,1H3. The Morgan fingerprint density at radius 2 is 1.92 bits per heavy atom. The maximum absolute atomic E-state index is 12.4. The minimum atomic E-state index is -0.412. The van der Waals surface area contributed by atoms with Gasteiger partial charge in [0.25, 0.3) is 0 Å². The molecule has 1 amide bonds. The molecule has 4 heterocycles. The summed E-state index contributed by atoms with van der Waals surface area (Å²) < 4.78 is 22.1. The molecule has 1 aromatic carbocycles. The van der Waals surface area contributed by atoms with Gasteiger partial charge in [-0.1, -0.05) is 12.1 Å². The van der Waals surface area contributed by atoms with E-state index in [-0.39, 0.29) is 12.2 Å². The minimum Gasteiger partial charge on any atom is -0.441 e. The van der Waals surface area contributed by atoms with E-state index in [1.54, 1.807) is 12.0 Å². The number of anilines is 1. The molecule has 2 aromatic rings. The van der Waals surface area contributed by atoms with Gasteiger partial charge in [-0.2, -0.15) is 5.26 Å². The van der Waals surface area contributed by atoms with Crippen molar-refractivity contribution in [3.63, 3.8) is 0 Å². The largest absolute Gasteiger partial charge is 0.441 e. The summed E-state index contributed by atoms with van der Waals surface area (Å²) in [6, 6.07) is 10.6. The molecular weight excluding hydrogens is 484 g/mol. The summed E-state index contributed by atoms with van der Waals surface area (Å²) >= 11 is 0. The van der Waals surface area contributed by atoms with Crippen LogP contribution >= 0.6 is 0 Å². The van der Waals surface area contributed by atoms with Gasteiger partial charge in [0, 0.05) is 83.2 Å². The van der Waals surface area contributed by atoms with Crippen LogP contribution in [0.4, 0.5) is 10.5 Å². The smallest absolute Gasteiger partial charge is 0.410 e. The minimum absolute atomic E-state index is 0.114. The van der Waals surface area contributed by atoms with E-state index in [1.165, 1.54) is 0 Å². The third-order valence-corrected chi connectivity index (χ3v) is 8.18. The molecule has 6 rings (SSSR count). The number of amides is 1. The van der Waals surface area contributed by atoms with Crippen molar-refractivity contribution in [1.82, 2.24) is 9.88 Å². The molecule has 0 saturated carbocycles. The Labute approximate surface area is 222 Å². The van der Waals surface area contributed by atoms with Crippen LogP contribution in [0, 0.1) is 11.3 Å². The van der Waals surface area contributed by atoms with E-state index >= 15 is 0 Å². The topological polar surface area (TPSA) is 97.2 Å². The van der Waals surface area contributed by atoms with Gasteiger partial charge in [0.05, 0.1) is 36.1 Å². The Morgan fingerprint density at radius 3 is 2.61 bits per heavy atom. The maximum atomic E-state index is 12.4. The van der Waals surface area contributed by atoms with Crippen LogP contribution in [0.25, 0.3) is 11.6 Å². The Morgan fingerprint density at radius 1 is 1.13 bits per heavy atom. The zero-order valence-electron chi connectivity index (χ0n) is 21.6. The lowest BCUT2D eigenvalue weighted by Crippen LogP contribution is -2.51. The second-order valence-corrected chi connectivity index (χ2v) is 10.2. The summed E-state index contributed by atoms with van der Waals surface area (Å²) in [7, 11) is 1.74. The molecule has 0 N–H and O–H groups in total. The SMILES string of the molecule is COC1(c2ccc(C3=Cc4c(N5CCN(C(=O)OC6COC6)CC5)ccnc4C3)c(C#N)c2)CCOCC1. The quantitative estimate of drug-likeness (QED) is 0.597. The molecule has 0 bridgehead atoms. The summed E-state index contributed by atoms with van der Waals surface area (Å²) in [5.74, 6) is 0. The molecule has 4 aliphatic rings. The number of carbonyl (C=O) groups excluding carboxylic acids is 1. The van der Waals surface area contributed by atoms with Gasteiger partial charge in [0.15, 0.2) is 6.10 Å². The van der Waals surface area contributed by atoms with Crippen LogP contribution in [-0.4, -0.2) is 81.8 Å². The van der Waals surface area contributed by atoms with Gasteiger partial charge in [0.2, 0.25) is 0 Å². The van der Waals surface area contributed by atoms with Gasteiger partial charge >= 0.3 is 6.09 Å². The average Bonchev–Trinajstić information content (AvgIpc) is 3.39. The highest BCUT2D eigenvalue weighted by Gasteiger charge is 2.35. The van der Waals surface area contributed by atoms with Gasteiger partial charge in [-0.05, 0) is 34.9 Å². The van der Waals surface area contributed by atoms with Crippen LogP contribution in [0.15, 0.2) is 30.5 Å². The number of aromatic nitrogens is 1. The van der Waals surface area contributed by atoms with Crippen molar-refractivity contribution in [3.05, 3.63) is 58.4 Å². The second kappa shape index (κ2) is 10.4. The van der Waals surface area contributed by atoms with Crippen LogP contribution < -0.4 is 4.90 Å². The highest BCUT2D eigenvalue weighted by atomic mass is 16.6. The lowest BCUT2D eigenvalue weighted by Gasteiger charge is -2.37. The number of hydrogen-bond acceptors (Lipinski definition) is 8. The molecule has 1 aliphatic carbocycles. The highest BCUT2D eigenvalue weighted by molar-refractivity contribution is 5.93. The molecule has 3 aliphatic heterocycles. The van der Waals surface area contributed by atoms with E-state index in [0.717, 1.165) is 59.6 Å². The number of rotatable bonds is 5. The van der Waals surface area contributed by atoms with Crippen LogP contribution in [0.1, 0.15) is 40.8 Å². The third-order valence-electron chi connectivity index (χ3n) is 8.18. The molecule has 1 aromatic heterocycles. The first kappa shape index (κ1) is 24.9. The van der Waals surface area contributed by atoms with Crippen molar-refractivity contribution in [2.45, 2.75) is 31.0 Å². The molecule has 3 saturated heterocycles. The molecule has 0 unspecified atom stereocenters. The number of allylic oxidation sites excluding steroid dienone is 1. The molecule has 38 heavy (non-hydrogen) atoms. The number of benzene rings is 1. The second-order valence-electron chi connectivity index (χ2n) is 10.2. The van der Waals surface area contributed by atoms with Gasteiger partial charge in [-0.15, -0.1) is 0 Å². The first-order chi connectivity index (χ1) is 18.6. The fourth-order valence-corrected chi connectivity index (χ4v) is 5.80. The van der Waals surface area contributed by atoms with Crippen LogP contribution in [0.3, 0.4) is 0 Å². The number of hydrogen-bond donors (Lipinski definition) is 0. The number of pyridine rings is 1. The van der Waals surface area contributed by atoms with Gasteiger partial charge < -0.3 is 28.7 Å².